The van der Waals surface area contributed by atoms with Crippen LogP contribution in [0.5, 0.6) is 0 Å². The van der Waals surface area contributed by atoms with Crippen molar-refractivity contribution in [3.8, 4) is 0 Å². The number of fused-ring (bicyclic) bond motifs is 1. The number of thioether (sulfide) groups is 1. The molecule has 2 aromatic rings. The summed E-state index contributed by atoms with van der Waals surface area (Å²) < 4.78 is 7.90. The predicted octanol–water partition coefficient (Wildman–Crippen LogP) is 3.32. The molecule has 0 radical (unpaired) electrons. The van der Waals surface area contributed by atoms with Crippen LogP contribution in [0.4, 0.5) is 0 Å². The van der Waals surface area contributed by atoms with Gasteiger partial charge in [0.15, 0.2) is 4.80 Å². The van der Waals surface area contributed by atoms with Crippen LogP contribution < -0.4 is 4.80 Å². The van der Waals surface area contributed by atoms with Gasteiger partial charge in [-0.2, -0.15) is 4.99 Å². The van der Waals surface area contributed by atoms with Crippen LogP contribution in [0.15, 0.2) is 23.2 Å². The third-order valence-electron chi connectivity index (χ3n) is 5.19. The molecule has 1 aromatic carbocycles. The Labute approximate surface area is 190 Å². The van der Waals surface area contributed by atoms with E-state index in [1.165, 1.54) is 29.5 Å². The fraction of sp³-hybridized carbons (Fsp3) is 0.545. The van der Waals surface area contributed by atoms with E-state index >= 15 is 0 Å². The molecule has 3 rings (SSSR count). The molecule has 168 valence electrons. The van der Waals surface area contributed by atoms with Crippen molar-refractivity contribution in [2.75, 3.05) is 31.2 Å². The van der Waals surface area contributed by atoms with Crippen molar-refractivity contribution in [1.29, 1.82) is 0 Å². The lowest BCUT2D eigenvalue weighted by Crippen LogP contribution is -2.40. The third-order valence-corrected chi connectivity index (χ3v) is 7.13. The Morgan fingerprint density at radius 2 is 2.06 bits per heavy atom. The highest BCUT2D eigenvalue weighted by Crippen LogP contribution is 2.20. The molecule has 1 aliphatic heterocycles. The highest BCUT2D eigenvalue weighted by atomic mass is 32.2. The quantitative estimate of drug-likeness (QED) is 0.589. The number of aryl methyl sites for hydroxylation is 1. The summed E-state index contributed by atoms with van der Waals surface area (Å²) >= 11 is 2.69. The molecule has 0 bridgehead atoms. The molecule has 1 unspecified atom stereocenters. The molecule has 1 fully saturated rings. The van der Waals surface area contributed by atoms with Gasteiger partial charge in [0, 0.05) is 19.6 Å². The van der Waals surface area contributed by atoms with Crippen LogP contribution in [0.3, 0.4) is 0 Å². The first-order chi connectivity index (χ1) is 14.9. The van der Waals surface area contributed by atoms with Crippen LogP contribution in [0.2, 0.25) is 0 Å². The molecular weight excluding hydrogens is 434 g/mol. The van der Waals surface area contributed by atoms with E-state index in [-0.39, 0.29) is 23.5 Å². The average molecular weight is 464 g/mol. The van der Waals surface area contributed by atoms with Gasteiger partial charge in [-0.15, -0.1) is 11.8 Å². The van der Waals surface area contributed by atoms with Crippen molar-refractivity contribution in [3.05, 3.63) is 28.6 Å². The van der Waals surface area contributed by atoms with E-state index in [2.05, 4.69) is 11.9 Å². The summed E-state index contributed by atoms with van der Waals surface area (Å²) in [6.45, 7) is 8.53. The van der Waals surface area contributed by atoms with Crippen LogP contribution >= 0.6 is 23.1 Å². The minimum Gasteiger partial charge on any atom is -0.462 e. The SMILES string of the molecule is CCOC(=O)c1ccc2c(c1)sc(=NC(=O)CSCC(=O)N1CCCC(C)C1)n2CC. The largest absolute Gasteiger partial charge is 0.462 e. The molecule has 7 nitrogen and oxygen atoms in total. The highest BCUT2D eigenvalue weighted by Gasteiger charge is 2.21. The second-order valence-electron chi connectivity index (χ2n) is 7.62. The number of aromatic nitrogens is 1. The summed E-state index contributed by atoms with van der Waals surface area (Å²) in [5, 5.41) is 0. The minimum atomic E-state index is -0.361. The molecule has 1 aliphatic rings. The number of piperidine rings is 1. The Balaban J connectivity index is 1.67. The molecule has 1 saturated heterocycles. The molecule has 2 heterocycles. The summed E-state index contributed by atoms with van der Waals surface area (Å²) in [4.78, 5) is 43.6. The molecule has 1 atom stereocenters. The van der Waals surface area contributed by atoms with Crippen LogP contribution in [0.1, 0.15) is 44.0 Å². The Morgan fingerprint density at radius 1 is 1.26 bits per heavy atom. The predicted molar refractivity (Wildman–Crippen MR) is 124 cm³/mol. The van der Waals surface area contributed by atoms with Crippen molar-refractivity contribution in [2.24, 2.45) is 10.9 Å². The molecule has 2 amide bonds. The lowest BCUT2D eigenvalue weighted by atomic mass is 10.0. The molecular formula is C22H29N3O4S2. The average Bonchev–Trinajstić information content (AvgIpc) is 3.09. The van der Waals surface area contributed by atoms with Gasteiger partial charge in [0.2, 0.25) is 5.91 Å². The number of benzene rings is 1. The molecule has 31 heavy (non-hydrogen) atoms. The van der Waals surface area contributed by atoms with E-state index in [0.29, 0.717) is 35.2 Å². The van der Waals surface area contributed by atoms with Gasteiger partial charge in [-0.1, -0.05) is 18.3 Å². The Hall–Kier alpha value is -2.13. The van der Waals surface area contributed by atoms with Crippen molar-refractivity contribution >= 4 is 51.1 Å². The van der Waals surface area contributed by atoms with Gasteiger partial charge in [-0.3, -0.25) is 9.59 Å². The van der Waals surface area contributed by atoms with Gasteiger partial charge < -0.3 is 14.2 Å². The summed E-state index contributed by atoms with van der Waals surface area (Å²) in [7, 11) is 0. The second-order valence-corrected chi connectivity index (χ2v) is 9.61. The maximum atomic E-state index is 12.4. The van der Waals surface area contributed by atoms with Crippen LogP contribution in [-0.2, 0) is 20.9 Å². The molecule has 1 aromatic heterocycles. The maximum absolute atomic E-state index is 12.4. The first kappa shape index (κ1) is 23.5. The zero-order valence-electron chi connectivity index (χ0n) is 18.3. The van der Waals surface area contributed by atoms with Crippen LogP contribution in [-0.4, -0.2) is 58.5 Å². The van der Waals surface area contributed by atoms with Gasteiger partial charge in [0.25, 0.3) is 5.91 Å². The maximum Gasteiger partial charge on any atom is 0.338 e. The Bertz CT molecular complexity index is 1030. The van der Waals surface area contributed by atoms with E-state index < -0.39 is 0 Å². The summed E-state index contributed by atoms with van der Waals surface area (Å²) in [5.74, 6) is 0.490. The Kier molecular flexibility index (Phi) is 8.31. The fourth-order valence-corrected chi connectivity index (χ4v) is 5.53. The number of carbonyl (C=O) groups is 3. The zero-order chi connectivity index (χ0) is 22.4. The smallest absolute Gasteiger partial charge is 0.338 e. The van der Waals surface area contributed by atoms with E-state index in [0.717, 1.165) is 29.7 Å². The molecule has 0 N–H and O–H groups in total. The lowest BCUT2D eigenvalue weighted by Gasteiger charge is -2.30. The van der Waals surface area contributed by atoms with E-state index in [1.807, 2.05) is 22.5 Å². The third kappa shape index (κ3) is 5.98. The lowest BCUT2D eigenvalue weighted by molar-refractivity contribution is -0.130. The summed E-state index contributed by atoms with van der Waals surface area (Å²) in [6, 6.07) is 5.37. The normalized spacial score (nSPS) is 17.2. The number of hydrogen-bond acceptors (Lipinski definition) is 6. The highest BCUT2D eigenvalue weighted by molar-refractivity contribution is 8.00. The first-order valence-corrected chi connectivity index (χ1v) is 12.6. The van der Waals surface area contributed by atoms with E-state index in [1.54, 1.807) is 19.1 Å². The van der Waals surface area contributed by atoms with Gasteiger partial charge in [0.1, 0.15) is 0 Å². The molecule has 9 heteroatoms. The fourth-order valence-electron chi connectivity index (χ4n) is 3.68. The van der Waals surface area contributed by atoms with Gasteiger partial charge in [0.05, 0.1) is 33.9 Å². The number of carbonyl (C=O) groups excluding carboxylic acids is 3. The van der Waals surface area contributed by atoms with Crippen molar-refractivity contribution < 1.29 is 19.1 Å². The number of thiazole rings is 1. The topological polar surface area (TPSA) is 81.0 Å². The number of likely N-dealkylation sites (tertiary alicyclic amines) is 1. The summed E-state index contributed by atoms with van der Waals surface area (Å²) in [6.07, 6.45) is 2.22. The number of hydrogen-bond donors (Lipinski definition) is 0. The number of ether oxygens (including phenoxy) is 1. The summed E-state index contributed by atoms with van der Waals surface area (Å²) in [5.41, 5.74) is 1.41. The monoisotopic (exact) mass is 463 g/mol. The standard InChI is InChI=1S/C22H29N3O4S2/c1-4-25-17-9-8-16(21(28)29-5-2)11-18(17)31-22(25)23-19(26)13-30-14-20(27)24-10-6-7-15(3)12-24/h8-9,11,15H,4-7,10,12-14H2,1-3H3. The minimum absolute atomic E-state index is 0.0985. The number of nitrogens with zero attached hydrogens (tertiary/aromatic N) is 3. The number of esters is 1. The second kappa shape index (κ2) is 10.9. The zero-order valence-corrected chi connectivity index (χ0v) is 19.9. The molecule has 0 aliphatic carbocycles. The Morgan fingerprint density at radius 3 is 2.77 bits per heavy atom. The van der Waals surface area contributed by atoms with E-state index in [9.17, 15) is 14.4 Å². The van der Waals surface area contributed by atoms with Crippen LogP contribution in [0.25, 0.3) is 10.2 Å². The number of rotatable bonds is 7. The van der Waals surface area contributed by atoms with Crippen molar-refractivity contribution in [2.45, 2.75) is 40.2 Å². The first-order valence-electron chi connectivity index (χ1n) is 10.7. The van der Waals surface area contributed by atoms with E-state index in [4.69, 9.17) is 4.74 Å². The molecule has 0 spiro atoms. The van der Waals surface area contributed by atoms with Crippen LogP contribution in [0, 0.1) is 5.92 Å². The van der Waals surface area contributed by atoms with Gasteiger partial charge in [-0.05, 0) is 50.8 Å². The number of amides is 2. The van der Waals surface area contributed by atoms with Gasteiger partial charge in [-0.25, -0.2) is 4.79 Å². The van der Waals surface area contributed by atoms with Gasteiger partial charge >= 0.3 is 5.97 Å². The van der Waals surface area contributed by atoms with Crippen molar-refractivity contribution in [1.82, 2.24) is 9.47 Å². The van der Waals surface area contributed by atoms with Crippen molar-refractivity contribution in [3.63, 3.8) is 0 Å². The molecule has 0 saturated carbocycles.